The molecule has 0 spiro atoms. The molecule has 1 aromatic carbocycles. The second kappa shape index (κ2) is 5.11. The van der Waals surface area contributed by atoms with Crippen LogP contribution in [0.3, 0.4) is 0 Å². The summed E-state index contributed by atoms with van der Waals surface area (Å²) in [7, 11) is 0. The standard InChI is InChI=1S/C15H16N2S/c1-18-15-16-9-8-14(17-15)13-7-6-11-4-2-3-5-12(11)10-13/h6-10H,2-5H2,1H3. The van der Waals surface area contributed by atoms with Crippen molar-refractivity contribution in [2.45, 2.75) is 30.8 Å². The van der Waals surface area contributed by atoms with E-state index in [1.165, 1.54) is 42.4 Å². The van der Waals surface area contributed by atoms with Crippen LogP contribution in [0.25, 0.3) is 11.3 Å². The first kappa shape index (κ1) is 11.7. The van der Waals surface area contributed by atoms with Gasteiger partial charge in [0.15, 0.2) is 5.16 Å². The maximum Gasteiger partial charge on any atom is 0.187 e. The minimum Gasteiger partial charge on any atom is -0.231 e. The van der Waals surface area contributed by atoms with E-state index in [1.807, 2.05) is 18.5 Å². The second-order valence-electron chi connectivity index (χ2n) is 4.62. The zero-order valence-corrected chi connectivity index (χ0v) is 11.3. The molecule has 3 heteroatoms. The van der Waals surface area contributed by atoms with Gasteiger partial charge in [0.25, 0.3) is 0 Å². The number of fused-ring (bicyclic) bond motifs is 1. The molecule has 92 valence electrons. The average Bonchev–Trinajstić information content (AvgIpc) is 2.47. The van der Waals surface area contributed by atoms with Gasteiger partial charge in [-0.2, -0.15) is 0 Å². The Morgan fingerprint density at radius 3 is 2.72 bits per heavy atom. The van der Waals surface area contributed by atoms with E-state index >= 15 is 0 Å². The summed E-state index contributed by atoms with van der Waals surface area (Å²) in [6.45, 7) is 0. The third-order valence-electron chi connectivity index (χ3n) is 3.46. The lowest BCUT2D eigenvalue weighted by Gasteiger charge is -2.16. The molecule has 1 aliphatic carbocycles. The molecular weight excluding hydrogens is 240 g/mol. The van der Waals surface area contributed by atoms with Crippen LogP contribution in [0.1, 0.15) is 24.0 Å². The Hall–Kier alpha value is -1.35. The van der Waals surface area contributed by atoms with E-state index < -0.39 is 0 Å². The summed E-state index contributed by atoms with van der Waals surface area (Å²) in [5.41, 5.74) is 5.27. The van der Waals surface area contributed by atoms with Gasteiger partial charge in [-0.15, -0.1) is 0 Å². The van der Waals surface area contributed by atoms with Crippen LogP contribution in [0.15, 0.2) is 35.6 Å². The molecule has 1 heterocycles. The first-order chi connectivity index (χ1) is 8.86. The number of rotatable bonds is 2. The number of thioether (sulfide) groups is 1. The van der Waals surface area contributed by atoms with Gasteiger partial charge in [-0.1, -0.05) is 23.9 Å². The molecule has 0 radical (unpaired) electrons. The lowest BCUT2D eigenvalue weighted by Crippen LogP contribution is -2.02. The normalized spacial score (nSPS) is 14.3. The largest absolute Gasteiger partial charge is 0.231 e. The van der Waals surface area contributed by atoms with Gasteiger partial charge < -0.3 is 0 Å². The molecule has 0 saturated heterocycles. The Kier molecular flexibility index (Phi) is 3.33. The predicted molar refractivity (Wildman–Crippen MR) is 75.9 cm³/mol. The Labute approximate surface area is 112 Å². The van der Waals surface area contributed by atoms with E-state index in [1.54, 1.807) is 11.8 Å². The van der Waals surface area contributed by atoms with Crippen molar-refractivity contribution >= 4 is 11.8 Å². The highest BCUT2D eigenvalue weighted by Gasteiger charge is 2.10. The van der Waals surface area contributed by atoms with Crippen molar-refractivity contribution in [1.82, 2.24) is 9.97 Å². The molecule has 18 heavy (non-hydrogen) atoms. The molecule has 2 aromatic rings. The molecular formula is C15H16N2S. The fraction of sp³-hybridized carbons (Fsp3) is 0.333. The Balaban J connectivity index is 2.00. The molecule has 0 atom stereocenters. The fourth-order valence-corrected chi connectivity index (χ4v) is 2.85. The highest BCUT2D eigenvalue weighted by molar-refractivity contribution is 7.98. The monoisotopic (exact) mass is 256 g/mol. The van der Waals surface area contributed by atoms with E-state index in [0.29, 0.717) is 0 Å². The zero-order chi connectivity index (χ0) is 12.4. The lowest BCUT2D eigenvalue weighted by molar-refractivity contribution is 0.686. The Bertz CT molecular complexity index is 566. The van der Waals surface area contributed by atoms with E-state index in [0.717, 1.165) is 10.9 Å². The molecule has 0 saturated carbocycles. The Morgan fingerprint density at radius 2 is 1.89 bits per heavy atom. The number of hydrogen-bond donors (Lipinski definition) is 0. The van der Waals surface area contributed by atoms with Gasteiger partial charge in [0.05, 0.1) is 5.69 Å². The average molecular weight is 256 g/mol. The summed E-state index contributed by atoms with van der Waals surface area (Å²) in [5, 5.41) is 0.838. The molecule has 1 aliphatic rings. The molecule has 0 bridgehead atoms. The molecule has 0 N–H and O–H groups in total. The van der Waals surface area contributed by atoms with Crippen molar-refractivity contribution in [3.05, 3.63) is 41.6 Å². The number of aryl methyl sites for hydroxylation is 2. The lowest BCUT2D eigenvalue weighted by atomic mass is 9.90. The van der Waals surface area contributed by atoms with Crippen molar-refractivity contribution < 1.29 is 0 Å². The third kappa shape index (κ3) is 2.27. The number of nitrogens with zero attached hydrogens (tertiary/aromatic N) is 2. The third-order valence-corrected chi connectivity index (χ3v) is 4.02. The van der Waals surface area contributed by atoms with Gasteiger partial charge in [0.2, 0.25) is 0 Å². The van der Waals surface area contributed by atoms with E-state index in [9.17, 15) is 0 Å². The summed E-state index contributed by atoms with van der Waals surface area (Å²) in [4.78, 5) is 8.78. The van der Waals surface area contributed by atoms with Crippen LogP contribution in [0.4, 0.5) is 0 Å². The van der Waals surface area contributed by atoms with E-state index in [-0.39, 0.29) is 0 Å². The molecule has 0 unspecified atom stereocenters. The van der Waals surface area contributed by atoms with Crippen LogP contribution in [-0.4, -0.2) is 16.2 Å². The smallest absolute Gasteiger partial charge is 0.187 e. The number of hydrogen-bond acceptors (Lipinski definition) is 3. The van der Waals surface area contributed by atoms with Gasteiger partial charge >= 0.3 is 0 Å². The highest BCUT2D eigenvalue weighted by Crippen LogP contribution is 2.27. The summed E-state index contributed by atoms with van der Waals surface area (Å²) in [5.74, 6) is 0. The zero-order valence-electron chi connectivity index (χ0n) is 10.5. The quantitative estimate of drug-likeness (QED) is 0.604. The van der Waals surface area contributed by atoms with E-state index in [4.69, 9.17) is 0 Å². The van der Waals surface area contributed by atoms with Crippen LogP contribution in [0.2, 0.25) is 0 Å². The molecule has 0 aliphatic heterocycles. The maximum absolute atomic E-state index is 4.56. The molecule has 3 rings (SSSR count). The van der Waals surface area contributed by atoms with Crippen molar-refractivity contribution in [1.29, 1.82) is 0 Å². The summed E-state index contributed by atoms with van der Waals surface area (Å²) in [6, 6.07) is 8.76. The van der Waals surface area contributed by atoms with Crippen molar-refractivity contribution in [3.8, 4) is 11.3 Å². The number of benzene rings is 1. The predicted octanol–water partition coefficient (Wildman–Crippen LogP) is 3.74. The van der Waals surface area contributed by atoms with Gasteiger partial charge in [0.1, 0.15) is 0 Å². The first-order valence-electron chi connectivity index (χ1n) is 6.36. The SMILES string of the molecule is CSc1nccc(-c2ccc3c(c2)CCCC3)n1. The minimum atomic E-state index is 0.838. The minimum absolute atomic E-state index is 0.838. The molecule has 1 aromatic heterocycles. The Morgan fingerprint density at radius 1 is 1.06 bits per heavy atom. The summed E-state index contributed by atoms with van der Waals surface area (Å²) >= 11 is 1.58. The maximum atomic E-state index is 4.56. The number of aromatic nitrogens is 2. The summed E-state index contributed by atoms with van der Waals surface area (Å²) < 4.78 is 0. The second-order valence-corrected chi connectivity index (χ2v) is 5.39. The van der Waals surface area contributed by atoms with Gasteiger partial charge in [-0.05, 0) is 55.2 Å². The van der Waals surface area contributed by atoms with Crippen LogP contribution < -0.4 is 0 Å². The molecule has 0 amide bonds. The van der Waals surface area contributed by atoms with Crippen LogP contribution >= 0.6 is 11.8 Å². The first-order valence-corrected chi connectivity index (χ1v) is 7.58. The molecule has 2 nitrogen and oxygen atoms in total. The van der Waals surface area contributed by atoms with E-state index in [2.05, 4.69) is 28.2 Å². The topological polar surface area (TPSA) is 25.8 Å². The van der Waals surface area contributed by atoms with Crippen LogP contribution in [-0.2, 0) is 12.8 Å². The summed E-state index contributed by atoms with van der Waals surface area (Å²) in [6.07, 6.45) is 8.94. The fourth-order valence-electron chi connectivity index (χ4n) is 2.49. The van der Waals surface area contributed by atoms with Crippen LogP contribution in [0.5, 0.6) is 0 Å². The van der Waals surface area contributed by atoms with Crippen LogP contribution in [0, 0.1) is 0 Å². The van der Waals surface area contributed by atoms with Gasteiger partial charge in [0, 0.05) is 11.8 Å². The van der Waals surface area contributed by atoms with Gasteiger partial charge in [-0.3, -0.25) is 0 Å². The van der Waals surface area contributed by atoms with Crippen molar-refractivity contribution in [3.63, 3.8) is 0 Å². The molecule has 0 fully saturated rings. The highest BCUT2D eigenvalue weighted by atomic mass is 32.2. The van der Waals surface area contributed by atoms with Gasteiger partial charge in [-0.25, -0.2) is 9.97 Å². The van der Waals surface area contributed by atoms with Crippen molar-refractivity contribution in [2.75, 3.05) is 6.26 Å². The van der Waals surface area contributed by atoms with Crippen molar-refractivity contribution in [2.24, 2.45) is 0 Å².